The Morgan fingerprint density at radius 1 is 1.04 bits per heavy atom. The Bertz CT molecular complexity index is 1000. The summed E-state index contributed by atoms with van der Waals surface area (Å²) >= 11 is 12.1. The van der Waals surface area contributed by atoms with Crippen LogP contribution >= 0.6 is 23.2 Å². The molecule has 0 heterocycles. The zero-order chi connectivity index (χ0) is 19.9. The molecule has 0 saturated heterocycles. The van der Waals surface area contributed by atoms with Crippen LogP contribution in [0.25, 0.3) is 0 Å². The second kappa shape index (κ2) is 9.40. The standard InChI is InChI=1S/C22H18Cl2N2O2/c1-15-5-7-17(8-6-15)22(27)26-25-13-18-12-20(24)9-10-21(18)28-14-16-3-2-4-19(23)11-16/h2-13H,14H2,1H3,(H,26,27)/b25-13-. The zero-order valence-corrected chi connectivity index (χ0v) is 16.7. The summed E-state index contributed by atoms with van der Waals surface area (Å²) in [5.74, 6) is 0.303. The third-order valence-corrected chi connectivity index (χ3v) is 4.41. The first-order valence-corrected chi connectivity index (χ1v) is 9.34. The third-order valence-electron chi connectivity index (χ3n) is 3.94. The molecule has 6 heteroatoms. The summed E-state index contributed by atoms with van der Waals surface area (Å²) in [6, 6.07) is 19.9. The molecule has 4 nitrogen and oxygen atoms in total. The maximum absolute atomic E-state index is 12.1. The van der Waals surface area contributed by atoms with Gasteiger partial charge in [-0.2, -0.15) is 5.10 Å². The van der Waals surface area contributed by atoms with Gasteiger partial charge in [-0.15, -0.1) is 0 Å². The number of amides is 1. The van der Waals surface area contributed by atoms with Crippen molar-refractivity contribution in [2.75, 3.05) is 0 Å². The lowest BCUT2D eigenvalue weighted by atomic mass is 10.1. The van der Waals surface area contributed by atoms with Crippen LogP contribution in [0.15, 0.2) is 71.8 Å². The summed E-state index contributed by atoms with van der Waals surface area (Å²) in [7, 11) is 0. The van der Waals surface area contributed by atoms with E-state index in [9.17, 15) is 4.79 Å². The Morgan fingerprint density at radius 3 is 2.54 bits per heavy atom. The Hall–Kier alpha value is -2.82. The molecule has 0 fully saturated rings. The first kappa shape index (κ1) is 19.9. The van der Waals surface area contributed by atoms with E-state index in [1.807, 2.05) is 43.3 Å². The molecule has 0 spiro atoms. The average molecular weight is 413 g/mol. The molecular weight excluding hydrogens is 395 g/mol. The molecule has 28 heavy (non-hydrogen) atoms. The number of rotatable bonds is 6. The maximum atomic E-state index is 12.1. The van der Waals surface area contributed by atoms with E-state index < -0.39 is 0 Å². The second-order valence-corrected chi connectivity index (χ2v) is 7.04. The minimum atomic E-state index is -0.292. The number of carbonyl (C=O) groups is 1. The Labute approximate surface area is 173 Å². The summed E-state index contributed by atoms with van der Waals surface area (Å²) < 4.78 is 5.87. The summed E-state index contributed by atoms with van der Waals surface area (Å²) in [5, 5.41) is 5.22. The fourth-order valence-electron chi connectivity index (χ4n) is 2.47. The van der Waals surface area contributed by atoms with Gasteiger partial charge in [-0.1, -0.05) is 53.0 Å². The molecule has 3 aromatic rings. The topological polar surface area (TPSA) is 50.7 Å². The van der Waals surface area contributed by atoms with Crippen LogP contribution in [0.5, 0.6) is 5.75 Å². The number of aryl methyl sites for hydroxylation is 1. The summed E-state index contributed by atoms with van der Waals surface area (Å²) in [6.45, 7) is 2.31. The van der Waals surface area contributed by atoms with Gasteiger partial charge in [0, 0.05) is 21.2 Å². The van der Waals surface area contributed by atoms with Crippen LogP contribution < -0.4 is 10.2 Å². The van der Waals surface area contributed by atoms with Crippen molar-refractivity contribution >= 4 is 35.3 Å². The molecule has 0 saturated carbocycles. The lowest BCUT2D eigenvalue weighted by Crippen LogP contribution is -2.17. The lowest BCUT2D eigenvalue weighted by molar-refractivity contribution is 0.0955. The molecule has 3 aromatic carbocycles. The van der Waals surface area contributed by atoms with Gasteiger partial charge in [-0.25, -0.2) is 5.43 Å². The van der Waals surface area contributed by atoms with Gasteiger partial charge in [0.05, 0.1) is 6.21 Å². The molecule has 1 amide bonds. The van der Waals surface area contributed by atoms with Crippen molar-refractivity contribution in [1.29, 1.82) is 0 Å². The highest BCUT2D eigenvalue weighted by Gasteiger charge is 2.06. The van der Waals surface area contributed by atoms with E-state index in [1.54, 1.807) is 30.3 Å². The smallest absolute Gasteiger partial charge is 0.271 e. The predicted octanol–water partition coefficient (Wildman–Crippen LogP) is 5.64. The van der Waals surface area contributed by atoms with Crippen molar-refractivity contribution in [3.8, 4) is 5.75 Å². The number of hydrogen-bond donors (Lipinski definition) is 1. The number of ether oxygens (including phenoxy) is 1. The molecule has 142 valence electrons. The molecular formula is C22H18Cl2N2O2. The van der Waals surface area contributed by atoms with Crippen LogP contribution in [0.3, 0.4) is 0 Å². The van der Waals surface area contributed by atoms with Crippen LogP contribution in [0.2, 0.25) is 10.0 Å². The molecule has 0 aromatic heterocycles. The quantitative estimate of drug-likeness (QED) is 0.420. The molecule has 0 bridgehead atoms. The number of nitrogens with zero attached hydrogens (tertiary/aromatic N) is 1. The lowest BCUT2D eigenvalue weighted by Gasteiger charge is -2.10. The van der Waals surface area contributed by atoms with Crippen molar-refractivity contribution in [2.45, 2.75) is 13.5 Å². The van der Waals surface area contributed by atoms with E-state index in [2.05, 4.69) is 10.5 Å². The highest BCUT2D eigenvalue weighted by Crippen LogP contribution is 2.23. The number of hydrogen-bond acceptors (Lipinski definition) is 3. The van der Waals surface area contributed by atoms with Crippen molar-refractivity contribution in [3.05, 3.63) is 99.0 Å². The van der Waals surface area contributed by atoms with E-state index >= 15 is 0 Å². The fourth-order valence-corrected chi connectivity index (χ4v) is 2.86. The van der Waals surface area contributed by atoms with Crippen molar-refractivity contribution in [2.24, 2.45) is 5.10 Å². The zero-order valence-electron chi connectivity index (χ0n) is 15.2. The molecule has 0 aliphatic heterocycles. The van der Waals surface area contributed by atoms with Crippen molar-refractivity contribution < 1.29 is 9.53 Å². The number of benzene rings is 3. The van der Waals surface area contributed by atoms with Crippen LogP contribution in [0.4, 0.5) is 0 Å². The molecule has 0 aliphatic rings. The Balaban J connectivity index is 1.68. The minimum Gasteiger partial charge on any atom is -0.488 e. The molecule has 0 atom stereocenters. The Kier molecular flexibility index (Phi) is 6.69. The summed E-state index contributed by atoms with van der Waals surface area (Å²) in [5.41, 5.74) is 5.72. The van der Waals surface area contributed by atoms with E-state index in [-0.39, 0.29) is 5.91 Å². The van der Waals surface area contributed by atoms with Gasteiger partial charge in [0.1, 0.15) is 12.4 Å². The number of nitrogens with one attached hydrogen (secondary N) is 1. The van der Waals surface area contributed by atoms with Gasteiger partial charge < -0.3 is 4.74 Å². The predicted molar refractivity (Wildman–Crippen MR) is 113 cm³/mol. The third kappa shape index (κ3) is 5.59. The highest BCUT2D eigenvalue weighted by atomic mass is 35.5. The highest BCUT2D eigenvalue weighted by molar-refractivity contribution is 6.31. The Morgan fingerprint density at radius 2 is 1.79 bits per heavy atom. The molecule has 1 N–H and O–H groups in total. The maximum Gasteiger partial charge on any atom is 0.271 e. The van der Waals surface area contributed by atoms with E-state index in [0.29, 0.717) is 33.5 Å². The van der Waals surface area contributed by atoms with Gasteiger partial charge in [-0.05, 0) is 55.0 Å². The minimum absolute atomic E-state index is 0.292. The monoisotopic (exact) mass is 412 g/mol. The van der Waals surface area contributed by atoms with Gasteiger partial charge in [0.2, 0.25) is 0 Å². The van der Waals surface area contributed by atoms with Gasteiger partial charge in [0.25, 0.3) is 5.91 Å². The summed E-state index contributed by atoms with van der Waals surface area (Å²) in [6.07, 6.45) is 1.51. The molecule has 0 unspecified atom stereocenters. The van der Waals surface area contributed by atoms with Gasteiger partial charge in [-0.3, -0.25) is 4.79 Å². The normalized spacial score (nSPS) is 10.8. The molecule has 3 rings (SSSR count). The van der Waals surface area contributed by atoms with E-state index in [1.165, 1.54) is 6.21 Å². The molecule has 0 radical (unpaired) electrons. The van der Waals surface area contributed by atoms with Crippen molar-refractivity contribution in [1.82, 2.24) is 5.43 Å². The SMILES string of the molecule is Cc1ccc(C(=O)N/N=C\c2cc(Cl)ccc2OCc2cccc(Cl)c2)cc1. The average Bonchev–Trinajstić information content (AvgIpc) is 2.68. The first-order valence-electron chi connectivity index (χ1n) is 8.58. The number of carbonyl (C=O) groups excluding carboxylic acids is 1. The number of halogens is 2. The van der Waals surface area contributed by atoms with E-state index in [4.69, 9.17) is 27.9 Å². The molecule has 0 aliphatic carbocycles. The summed E-state index contributed by atoms with van der Waals surface area (Å²) in [4.78, 5) is 12.1. The van der Waals surface area contributed by atoms with Crippen molar-refractivity contribution in [3.63, 3.8) is 0 Å². The first-order chi connectivity index (χ1) is 13.5. The van der Waals surface area contributed by atoms with Gasteiger partial charge in [0.15, 0.2) is 0 Å². The number of hydrazone groups is 1. The largest absolute Gasteiger partial charge is 0.488 e. The van der Waals surface area contributed by atoms with Crippen LogP contribution in [0, 0.1) is 6.92 Å². The second-order valence-electron chi connectivity index (χ2n) is 6.17. The van der Waals surface area contributed by atoms with E-state index in [0.717, 1.165) is 11.1 Å². The fraction of sp³-hybridized carbons (Fsp3) is 0.0909. The van der Waals surface area contributed by atoms with Crippen LogP contribution in [-0.4, -0.2) is 12.1 Å². The van der Waals surface area contributed by atoms with Crippen LogP contribution in [0.1, 0.15) is 27.0 Å². The van der Waals surface area contributed by atoms with Gasteiger partial charge >= 0.3 is 0 Å². The van der Waals surface area contributed by atoms with Crippen LogP contribution in [-0.2, 0) is 6.61 Å².